The van der Waals surface area contributed by atoms with Crippen molar-refractivity contribution in [1.29, 1.82) is 0 Å². The number of hydrogen-bond donors (Lipinski definition) is 1. The number of anilines is 1. The van der Waals surface area contributed by atoms with Crippen molar-refractivity contribution in [2.75, 3.05) is 4.72 Å². The monoisotopic (exact) mass is 224 g/mol. The Balaban J connectivity index is 2.91. The minimum absolute atomic E-state index is 0.152. The molecule has 0 aliphatic carbocycles. The summed E-state index contributed by atoms with van der Waals surface area (Å²) in [6, 6.07) is 7.48. The first kappa shape index (κ1) is 10.8. The molecule has 0 fully saturated rings. The molecule has 0 amide bonds. The van der Waals surface area contributed by atoms with Crippen LogP contribution in [0.4, 0.5) is 18.9 Å². The van der Waals surface area contributed by atoms with Gasteiger partial charge in [-0.1, -0.05) is 12.1 Å². The topological polar surface area (TPSA) is 46.2 Å². The fourth-order valence-electron chi connectivity index (χ4n) is 0.668. The highest BCUT2D eigenvalue weighted by atomic mass is 32.2. The first-order valence-corrected chi connectivity index (χ1v) is 4.86. The van der Waals surface area contributed by atoms with Crippen LogP contribution in [0.15, 0.2) is 24.3 Å². The van der Waals surface area contributed by atoms with Gasteiger partial charge in [-0.15, -0.1) is 0 Å². The van der Waals surface area contributed by atoms with Crippen LogP contribution in [0.5, 0.6) is 0 Å². The van der Waals surface area contributed by atoms with E-state index in [0.717, 1.165) is 0 Å². The Bertz CT molecular complexity index is 399. The molecule has 1 N–H and O–H groups in total. The molecule has 0 aromatic heterocycles. The van der Waals surface area contributed by atoms with Crippen LogP contribution < -0.4 is 4.72 Å². The first-order chi connectivity index (χ1) is 6.33. The fraction of sp³-hybridized carbons (Fsp3) is 0.143. The van der Waals surface area contributed by atoms with Crippen LogP contribution in [0.25, 0.3) is 0 Å². The van der Waals surface area contributed by atoms with Gasteiger partial charge in [0.25, 0.3) is 0 Å². The zero-order chi connectivity index (χ0) is 10.8. The zero-order valence-corrected chi connectivity index (χ0v) is 7.48. The molecule has 0 spiro atoms. The summed E-state index contributed by atoms with van der Waals surface area (Å²) in [4.78, 5) is 0. The van der Waals surface area contributed by atoms with Crippen molar-refractivity contribution < 1.29 is 21.6 Å². The number of halogens is 3. The molecule has 0 aliphatic rings. The molecule has 0 atom stereocenters. The number of hydrogen-bond acceptors (Lipinski definition) is 2. The van der Waals surface area contributed by atoms with Gasteiger partial charge in [-0.2, -0.15) is 21.6 Å². The molecule has 1 aromatic carbocycles. The van der Waals surface area contributed by atoms with Crippen LogP contribution in [0, 0.1) is 6.07 Å². The van der Waals surface area contributed by atoms with E-state index in [1.165, 1.54) is 29.0 Å². The van der Waals surface area contributed by atoms with Crippen molar-refractivity contribution in [2.24, 2.45) is 0 Å². The van der Waals surface area contributed by atoms with Gasteiger partial charge in [0.2, 0.25) is 0 Å². The number of benzene rings is 1. The maximum absolute atomic E-state index is 11.9. The third-order valence-corrected chi connectivity index (χ3v) is 2.39. The van der Waals surface area contributed by atoms with Crippen molar-refractivity contribution in [2.45, 2.75) is 5.51 Å². The quantitative estimate of drug-likeness (QED) is 0.831. The average Bonchev–Trinajstić information content (AvgIpc) is 2.03. The van der Waals surface area contributed by atoms with Crippen molar-refractivity contribution >= 4 is 15.7 Å². The molecule has 0 aliphatic heterocycles. The molecule has 0 bridgehead atoms. The number of nitrogens with one attached hydrogen (secondary N) is 1. The Morgan fingerprint density at radius 3 is 2.14 bits per heavy atom. The molecule has 0 heterocycles. The number of alkyl halides is 3. The Hall–Kier alpha value is -1.24. The van der Waals surface area contributed by atoms with E-state index in [4.69, 9.17) is 0 Å². The van der Waals surface area contributed by atoms with Crippen molar-refractivity contribution in [1.82, 2.24) is 0 Å². The summed E-state index contributed by atoms with van der Waals surface area (Å²) in [7, 11) is -5.31. The van der Waals surface area contributed by atoms with Crippen LogP contribution >= 0.6 is 0 Å². The lowest BCUT2D eigenvalue weighted by Gasteiger charge is -2.09. The third kappa shape index (κ3) is 2.38. The van der Waals surface area contributed by atoms with Gasteiger partial charge in [-0.05, 0) is 18.2 Å². The highest BCUT2D eigenvalue weighted by Crippen LogP contribution is 2.24. The molecular weight excluding hydrogens is 219 g/mol. The summed E-state index contributed by atoms with van der Waals surface area (Å²) in [5.41, 5.74) is -5.45. The summed E-state index contributed by atoms with van der Waals surface area (Å²) in [5, 5.41) is 0. The van der Waals surface area contributed by atoms with Crippen LogP contribution in [0.2, 0.25) is 0 Å². The zero-order valence-electron chi connectivity index (χ0n) is 6.67. The lowest BCUT2D eigenvalue weighted by atomic mass is 10.3. The molecule has 0 saturated heterocycles. The van der Waals surface area contributed by atoms with Gasteiger partial charge in [-0.25, -0.2) is 0 Å². The fourth-order valence-corrected chi connectivity index (χ4v) is 1.23. The number of sulfonamides is 1. The van der Waals surface area contributed by atoms with Gasteiger partial charge in [0.1, 0.15) is 0 Å². The van der Waals surface area contributed by atoms with Crippen molar-refractivity contribution in [3.05, 3.63) is 30.3 Å². The molecular formula is C7H5F3NO2S. The van der Waals surface area contributed by atoms with Crippen molar-refractivity contribution in [3.8, 4) is 0 Å². The van der Waals surface area contributed by atoms with E-state index in [2.05, 4.69) is 6.07 Å². The molecule has 1 radical (unpaired) electrons. The molecule has 14 heavy (non-hydrogen) atoms. The van der Waals surface area contributed by atoms with Gasteiger partial charge in [0.15, 0.2) is 0 Å². The molecule has 77 valence electrons. The highest BCUT2D eigenvalue weighted by Gasteiger charge is 2.45. The molecule has 3 nitrogen and oxygen atoms in total. The predicted molar refractivity (Wildman–Crippen MR) is 43.9 cm³/mol. The molecule has 7 heteroatoms. The molecule has 1 rings (SSSR count). The Morgan fingerprint density at radius 1 is 1.21 bits per heavy atom. The normalized spacial score (nSPS) is 12.5. The van der Waals surface area contributed by atoms with Gasteiger partial charge >= 0.3 is 15.5 Å². The van der Waals surface area contributed by atoms with Crippen LogP contribution in [0.1, 0.15) is 0 Å². The summed E-state index contributed by atoms with van der Waals surface area (Å²) >= 11 is 0. The molecule has 0 unspecified atom stereocenters. The predicted octanol–water partition coefficient (Wildman–Crippen LogP) is 1.75. The van der Waals surface area contributed by atoms with E-state index in [1.54, 1.807) is 0 Å². The second kappa shape index (κ2) is 3.49. The highest BCUT2D eigenvalue weighted by molar-refractivity contribution is 7.93. The van der Waals surface area contributed by atoms with Gasteiger partial charge in [0.05, 0.1) is 0 Å². The molecule has 1 aromatic rings. The van der Waals surface area contributed by atoms with E-state index in [-0.39, 0.29) is 5.69 Å². The third-order valence-electron chi connectivity index (χ3n) is 1.28. The Kier molecular flexibility index (Phi) is 2.70. The summed E-state index contributed by atoms with van der Waals surface area (Å²) < 4.78 is 58.1. The largest absolute Gasteiger partial charge is 0.516 e. The first-order valence-electron chi connectivity index (χ1n) is 3.38. The summed E-state index contributed by atoms with van der Waals surface area (Å²) in [5.74, 6) is 0. The average molecular weight is 224 g/mol. The maximum Gasteiger partial charge on any atom is 0.516 e. The number of rotatable bonds is 2. The standard InChI is InChI=1S/C7H5F3NO2S/c8-7(9,10)14(12,13)11-6-4-2-1-3-5-6/h2-5,11H. The minimum Gasteiger partial charge on any atom is -0.276 e. The second-order valence-corrected chi connectivity index (χ2v) is 4.01. The van der Waals surface area contributed by atoms with Crippen molar-refractivity contribution in [3.63, 3.8) is 0 Å². The second-order valence-electron chi connectivity index (χ2n) is 2.34. The Labute approximate surface area is 78.6 Å². The lowest BCUT2D eigenvalue weighted by molar-refractivity contribution is -0.0429. The van der Waals surface area contributed by atoms with E-state index >= 15 is 0 Å². The smallest absolute Gasteiger partial charge is 0.276 e. The van der Waals surface area contributed by atoms with E-state index in [9.17, 15) is 21.6 Å². The Morgan fingerprint density at radius 2 is 1.71 bits per heavy atom. The lowest BCUT2D eigenvalue weighted by Crippen LogP contribution is -2.29. The van der Waals surface area contributed by atoms with Crippen LogP contribution in [0.3, 0.4) is 0 Å². The van der Waals surface area contributed by atoms with Gasteiger partial charge in [-0.3, -0.25) is 4.72 Å². The summed E-state index contributed by atoms with van der Waals surface area (Å²) in [6.45, 7) is 0. The minimum atomic E-state index is -5.31. The molecule has 0 saturated carbocycles. The SMILES string of the molecule is O=S(=O)(Nc1cc[c]cc1)C(F)(F)F. The van der Waals surface area contributed by atoms with Gasteiger partial charge in [0, 0.05) is 5.69 Å². The van der Waals surface area contributed by atoms with E-state index in [0.29, 0.717) is 0 Å². The maximum atomic E-state index is 11.9. The van der Waals surface area contributed by atoms with Gasteiger partial charge < -0.3 is 0 Å². The van der Waals surface area contributed by atoms with Crippen LogP contribution in [-0.4, -0.2) is 13.9 Å². The van der Waals surface area contributed by atoms with Crippen LogP contribution in [-0.2, 0) is 10.0 Å². The summed E-state index contributed by atoms with van der Waals surface area (Å²) in [6.07, 6.45) is 0. The van der Waals surface area contributed by atoms with E-state index < -0.39 is 15.5 Å². The van der Waals surface area contributed by atoms with E-state index in [1.807, 2.05) is 0 Å².